The van der Waals surface area contributed by atoms with Crippen molar-refractivity contribution in [2.24, 2.45) is 0 Å². The van der Waals surface area contributed by atoms with Crippen molar-refractivity contribution in [3.05, 3.63) is 72.3 Å². The van der Waals surface area contributed by atoms with E-state index in [1.54, 1.807) is 0 Å². The van der Waals surface area contributed by atoms with Crippen LogP contribution in [0.3, 0.4) is 0 Å². The molecule has 1 aromatic heterocycles. The van der Waals surface area contributed by atoms with Crippen LogP contribution in [0, 0.1) is 11.8 Å². The first-order chi connectivity index (χ1) is 12.9. The van der Waals surface area contributed by atoms with Crippen LogP contribution in [0.2, 0.25) is 0 Å². The maximum absolute atomic E-state index is 4.44. The van der Waals surface area contributed by atoms with Crippen LogP contribution in [-0.4, -0.2) is 15.0 Å². The zero-order valence-corrected chi connectivity index (χ0v) is 14.9. The molecule has 0 saturated heterocycles. The van der Waals surface area contributed by atoms with Crippen LogP contribution in [0.25, 0.3) is 21.8 Å². The third-order valence-corrected chi connectivity index (χ3v) is 4.63. The second-order valence-electron chi connectivity index (χ2n) is 6.42. The van der Waals surface area contributed by atoms with Gasteiger partial charge in [-0.05, 0) is 34.9 Å². The number of hydrogen-bond acceptors (Lipinski definition) is 2. The lowest BCUT2D eigenvalue weighted by molar-refractivity contribution is 0.619. The number of rotatable bonds is 4. The topological polar surface area (TPSA) is 30.7 Å². The molecule has 4 rings (SSSR count). The Labute approximate surface area is 153 Å². The van der Waals surface area contributed by atoms with E-state index in [1.807, 2.05) is 22.9 Å². The summed E-state index contributed by atoms with van der Waals surface area (Å²) in [6.07, 6.45) is 3.18. The summed E-state index contributed by atoms with van der Waals surface area (Å²) in [4.78, 5) is 0. The first kappa shape index (κ1) is 16.4. The first-order valence-corrected chi connectivity index (χ1v) is 9.14. The fourth-order valence-corrected chi connectivity index (χ4v) is 3.27. The third-order valence-electron chi connectivity index (χ3n) is 4.63. The van der Waals surface area contributed by atoms with Gasteiger partial charge in [-0.2, -0.15) is 0 Å². The summed E-state index contributed by atoms with van der Waals surface area (Å²) in [5.74, 6) is 6.83. The molecule has 0 radical (unpaired) electrons. The summed E-state index contributed by atoms with van der Waals surface area (Å²) < 4.78 is 1.95. The molecule has 0 amide bonds. The van der Waals surface area contributed by atoms with Gasteiger partial charge in [-0.15, -0.1) is 11.0 Å². The predicted octanol–water partition coefficient (Wildman–Crippen LogP) is 5.37. The van der Waals surface area contributed by atoms with Crippen molar-refractivity contribution in [2.75, 3.05) is 0 Å². The smallest absolute Gasteiger partial charge is 0.140 e. The minimum absolute atomic E-state index is 0.148. The molecule has 0 spiro atoms. The van der Waals surface area contributed by atoms with E-state index in [9.17, 15) is 0 Å². The summed E-state index contributed by atoms with van der Waals surface area (Å²) in [6, 6.07) is 22.7. The standard InChI is InChI=1S/C23H21N3/c1-2-3-4-5-16-22(26-23-17-9-8-15-21(23)24-25-26)20-14-10-12-18-11-6-7-13-19(18)20/h6-15,17,22H,2-4H2,1H3. The van der Waals surface area contributed by atoms with Crippen molar-refractivity contribution in [1.82, 2.24) is 15.0 Å². The van der Waals surface area contributed by atoms with Crippen LogP contribution in [-0.2, 0) is 0 Å². The quantitative estimate of drug-likeness (QED) is 0.370. The highest BCUT2D eigenvalue weighted by Crippen LogP contribution is 2.28. The zero-order chi connectivity index (χ0) is 17.8. The largest absolute Gasteiger partial charge is 0.225 e. The van der Waals surface area contributed by atoms with Crippen molar-refractivity contribution >= 4 is 21.8 Å². The molecule has 1 unspecified atom stereocenters. The fourth-order valence-electron chi connectivity index (χ4n) is 3.27. The average molecular weight is 339 g/mol. The summed E-state index contributed by atoms with van der Waals surface area (Å²) in [7, 11) is 0. The number of unbranched alkanes of at least 4 members (excludes halogenated alkanes) is 2. The Hall–Kier alpha value is -3.12. The number of para-hydroxylation sites is 1. The lowest BCUT2D eigenvalue weighted by atomic mass is 9.98. The molecule has 1 atom stereocenters. The van der Waals surface area contributed by atoms with E-state index >= 15 is 0 Å². The third kappa shape index (κ3) is 3.07. The molecule has 4 aromatic rings. The summed E-state index contributed by atoms with van der Waals surface area (Å²) in [6.45, 7) is 2.19. The molecule has 3 aromatic carbocycles. The first-order valence-electron chi connectivity index (χ1n) is 9.14. The lowest BCUT2D eigenvalue weighted by Gasteiger charge is -2.15. The van der Waals surface area contributed by atoms with Gasteiger partial charge in [0, 0.05) is 6.42 Å². The Morgan fingerprint density at radius 3 is 2.69 bits per heavy atom. The molecule has 0 aliphatic heterocycles. The minimum Gasteiger partial charge on any atom is -0.225 e. The molecule has 0 saturated carbocycles. The average Bonchev–Trinajstić information content (AvgIpc) is 3.12. The Bertz CT molecular complexity index is 1090. The summed E-state index contributed by atoms with van der Waals surface area (Å²) in [5.41, 5.74) is 3.08. The zero-order valence-electron chi connectivity index (χ0n) is 14.9. The van der Waals surface area contributed by atoms with Gasteiger partial charge in [-0.1, -0.05) is 79.1 Å². The van der Waals surface area contributed by atoms with Crippen molar-refractivity contribution < 1.29 is 0 Å². The van der Waals surface area contributed by atoms with Gasteiger partial charge in [-0.25, -0.2) is 4.68 Å². The minimum atomic E-state index is -0.148. The predicted molar refractivity (Wildman–Crippen MR) is 107 cm³/mol. The number of hydrogen-bond donors (Lipinski definition) is 0. The van der Waals surface area contributed by atoms with Crippen LogP contribution in [0.1, 0.15) is 37.8 Å². The van der Waals surface area contributed by atoms with E-state index < -0.39 is 0 Å². The molecule has 128 valence electrons. The second kappa shape index (κ2) is 7.41. The van der Waals surface area contributed by atoms with Gasteiger partial charge >= 0.3 is 0 Å². The van der Waals surface area contributed by atoms with Crippen LogP contribution >= 0.6 is 0 Å². The summed E-state index contributed by atoms with van der Waals surface area (Å²) >= 11 is 0. The number of nitrogens with zero attached hydrogens (tertiary/aromatic N) is 3. The highest BCUT2D eigenvalue weighted by molar-refractivity contribution is 5.87. The molecule has 0 aliphatic rings. The molecule has 0 fully saturated rings. The van der Waals surface area contributed by atoms with E-state index in [-0.39, 0.29) is 6.04 Å². The Balaban J connectivity index is 1.89. The Morgan fingerprint density at radius 1 is 0.962 bits per heavy atom. The van der Waals surface area contributed by atoms with Gasteiger partial charge in [0.25, 0.3) is 0 Å². The van der Waals surface area contributed by atoms with E-state index in [1.165, 1.54) is 16.3 Å². The van der Waals surface area contributed by atoms with Crippen molar-refractivity contribution in [3.8, 4) is 11.8 Å². The van der Waals surface area contributed by atoms with Crippen molar-refractivity contribution in [3.63, 3.8) is 0 Å². The molecule has 3 heteroatoms. The van der Waals surface area contributed by atoms with Crippen LogP contribution in [0.5, 0.6) is 0 Å². The number of benzene rings is 3. The van der Waals surface area contributed by atoms with Crippen molar-refractivity contribution in [2.45, 2.75) is 32.2 Å². The molecule has 26 heavy (non-hydrogen) atoms. The van der Waals surface area contributed by atoms with E-state index in [4.69, 9.17) is 0 Å². The van der Waals surface area contributed by atoms with Crippen molar-refractivity contribution in [1.29, 1.82) is 0 Å². The van der Waals surface area contributed by atoms with Gasteiger partial charge in [0.1, 0.15) is 11.6 Å². The molecular weight excluding hydrogens is 318 g/mol. The number of aromatic nitrogens is 3. The van der Waals surface area contributed by atoms with E-state index in [2.05, 4.69) is 77.6 Å². The maximum Gasteiger partial charge on any atom is 0.140 e. The highest BCUT2D eigenvalue weighted by atomic mass is 15.4. The maximum atomic E-state index is 4.44. The fraction of sp³-hybridized carbons (Fsp3) is 0.217. The van der Waals surface area contributed by atoms with E-state index in [0.29, 0.717) is 0 Å². The molecule has 3 nitrogen and oxygen atoms in total. The van der Waals surface area contributed by atoms with Crippen LogP contribution < -0.4 is 0 Å². The van der Waals surface area contributed by atoms with Gasteiger partial charge < -0.3 is 0 Å². The highest BCUT2D eigenvalue weighted by Gasteiger charge is 2.17. The van der Waals surface area contributed by atoms with Gasteiger partial charge in [-0.3, -0.25) is 0 Å². The molecule has 1 heterocycles. The molecule has 0 bridgehead atoms. The monoisotopic (exact) mass is 339 g/mol. The normalized spacial score (nSPS) is 12.0. The molecular formula is C23H21N3. The second-order valence-corrected chi connectivity index (χ2v) is 6.42. The number of fused-ring (bicyclic) bond motifs is 2. The van der Waals surface area contributed by atoms with Gasteiger partial charge in [0.05, 0.1) is 5.52 Å². The Kier molecular flexibility index (Phi) is 4.66. The van der Waals surface area contributed by atoms with Crippen LogP contribution in [0.4, 0.5) is 0 Å². The molecule has 0 N–H and O–H groups in total. The summed E-state index contributed by atoms with van der Waals surface area (Å²) in [5, 5.41) is 11.2. The Morgan fingerprint density at radius 2 is 1.77 bits per heavy atom. The van der Waals surface area contributed by atoms with E-state index in [0.717, 1.165) is 30.3 Å². The van der Waals surface area contributed by atoms with Crippen LogP contribution in [0.15, 0.2) is 66.7 Å². The lowest BCUT2D eigenvalue weighted by Crippen LogP contribution is -2.11. The van der Waals surface area contributed by atoms with Gasteiger partial charge in [0.15, 0.2) is 0 Å². The molecule has 0 aliphatic carbocycles. The van der Waals surface area contributed by atoms with Gasteiger partial charge in [0.2, 0.25) is 0 Å². The SMILES string of the molecule is CCCCC#CC(c1cccc2ccccc12)n1nnc2ccccc21.